The standard InChI is InChI=1S/C44H48/c1-4-10-34(11-5-1)16-19-40-23-37-22-38(24-40)28-43(27-37,31-40)44-29-39-25-41(32-44,20-17-35-12-6-2-7-13-35)30-42(26-39,33-44)21-18-36-14-8-3-9-15-36/h1-21,37-39H,22-33H2. The maximum atomic E-state index is 2.73. The molecule has 8 saturated carbocycles. The second-order valence-electron chi connectivity index (χ2n) is 16.8. The highest BCUT2D eigenvalue weighted by atomic mass is 14.8. The first kappa shape index (κ1) is 27.2. The molecule has 4 unspecified atom stereocenters. The minimum absolute atomic E-state index is 0.326. The number of hydrogen-bond donors (Lipinski definition) is 0. The van der Waals surface area contributed by atoms with Crippen molar-refractivity contribution in [1.82, 2.24) is 0 Å². The van der Waals surface area contributed by atoms with Gasteiger partial charge in [0, 0.05) is 0 Å². The molecule has 0 aromatic heterocycles. The van der Waals surface area contributed by atoms with Crippen molar-refractivity contribution in [1.29, 1.82) is 0 Å². The maximum absolute atomic E-state index is 2.73. The largest absolute Gasteiger partial charge is 0.0777 e. The molecule has 0 heterocycles. The smallest absolute Gasteiger partial charge is 0.00985 e. The average molecular weight is 577 g/mol. The van der Waals surface area contributed by atoms with Crippen LogP contribution in [-0.2, 0) is 0 Å². The van der Waals surface area contributed by atoms with Crippen LogP contribution in [0, 0.1) is 44.8 Å². The molecule has 224 valence electrons. The summed E-state index contributed by atoms with van der Waals surface area (Å²) in [6.45, 7) is 0. The monoisotopic (exact) mass is 576 g/mol. The Bertz CT molecular complexity index is 1510. The molecule has 8 aliphatic carbocycles. The van der Waals surface area contributed by atoms with E-state index in [9.17, 15) is 0 Å². The Morgan fingerprint density at radius 1 is 0.386 bits per heavy atom. The summed E-state index contributed by atoms with van der Waals surface area (Å²) < 4.78 is 0. The van der Waals surface area contributed by atoms with Crippen LogP contribution in [0.3, 0.4) is 0 Å². The normalized spacial score (nSPS) is 41.9. The van der Waals surface area contributed by atoms with E-state index in [4.69, 9.17) is 0 Å². The fourth-order valence-electron chi connectivity index (χ4n) is 13.2. The quantitative estimate of drug-likeness (QED) is 0.262. The van der Waals surface area contributed by atoms with Crippen LogP contribution in [0.25, 0.3) is 18.2 Å². The lowest BCUT2D eigenvalue weighted by atomic mass is 9.29. The third kappa shape index (κ3) is 4.54. The SMILES string of the molecule is C(=CC12CC3CC(C1)CC(C14CC5CC(C=Cc6ccccc6)(CC(C=Cc6ccccc6)(C5)C1)C4)(C3)C2)c1ccccc1. The topological polar surface area (TPSA) is 0 Å². The fraction of sp³-hybridized carbons (Fsp3) is 0.455. The van der Waals surface area contributed by atoms with Gasteiger partial charge in [0.05, 0.1) is 0 Å². The molecule has 0 aliphatic heterocycles. The molecular weight excluding hydrogens is 528 g/mol. The summed E-state index contributed by atoms with van der Waals surface area (Å²) in [6.07, 6.45) is 33.0. The van der Waals surface area contributed by atoms with E-state index in [2.05, 4.69) is 127 Å². The molecule has 8 aliphatic rings. The zero-order valence-electron chi connectivity index (χ0n) is 26.3. The Labute approximate surface area is 265 Å². The van der Waals surface area contributed by atoms with Crippen molar-refractivity contribution in [3.8, 4) is 0 Å². The summed E-state index contributed by atoms with van der Waals surface area (Å²) in [5.41, 5.74) is 6.15. The van der Waals surface area contributed by atoms with Gasteiger partial charge in [0.1, 0.15) is 0 Å². The van der Waals surface area contributed by atoms with Crippen LogP contribution >= 0.6 is 0 Å². The number of hydrogen-bond acceptors (Lipinski definition) is 0. The highest BCUT2D eigenvalue weighted by Gasteiger charge is 2.71. The van der Waals surface area contributed by atoms with E-state index in [1.807, 2.05) is 0 Å². The lowest BCUT2D eigenvalue weighted by Gasteiger charge is -2.75. The average Bonchev–Trinajstić information content (AvgIpc) is 3.02. The number of allylic oxidation sites excluding steroid dienone is 3. The Balaban J connectivity index is 1.12. The van der Waals surface area contributed by atoms with Crippen molar-refractivity contribution in [2.75, 3.05) is 0 Å². The van der Waals surface area contributed by atoms with Gasteiger partial charge in [-0.05, 0) is 139 Å². The van der Waals surface area contributed by atoms with Crippen molar-refractivity contribution in [2.45, 2.75) is 77.0 Å². The van der Waals surface area contributed by atoms with E-state index in [-0.39, 0.29) is 0 Å². The van der Waals surface area contributed by atoms with E-state index in [1.54, 1.807) is 0 Å². The van der Waals surface area contributed by atoms with E-state index < -0.39 is 0 Å². The van der Waals surface area contributed by atoms with Crippen LogP contribution < -0.4 is 0 Å². The van der Waals surface area contributed by atoms with Gasteiger partial charge in [-0.15, -0.1) is 0 Å². The first-order chi connectivity index (χ1) is 21.5. The van der Waals surface area contributed by atoms with Crippen LogP contribution in [0.1, 0.15) is 93.7 Å². The molecule has 11 rings (SSSR count). The molecule has 3 aromatic carbocycles. The Morgan fingerprint density at radius 3 is 1.25 bits per heavy atom. The minimum atomic E-state index is 0.326. The summed E-state index contributed by atoms with van der Waals surface area (Å²) in [4.78, 5) is 0. The predicted octanol–water partition coefficient (Wildman–Crippen LogP) is 11.7. The Hall–Kier alpha value is -3.12. The lowest BCUT2D eigenvalue weighted by molar-refractivity contribution is -0.235. The van der Waals surface area contributed by atoms with Gasteiger partial charge in [0.15, 0.2) is 0 Å². The van der Waals surface area contributed by atoms with E-state index in [1.165, 1.54) is 93.7 Å². The molecule has 3 aromatic rings. The molecule has 0 radical (unpaired) electrons. The first-order valence-corrected chi connectivity index (χ1v) is 17.7. The van der Waals surface area contributed by atoms with Crippen molar-refractivity contribution >= 4 is 18.2 Å². The third-order valence-corrected chi connectivity index (χ3v) is 13.7. The van der Waals surface area contributed by atoms with Gasteiger partial charge in [-0.3, -0.25) is 0 Å². The first-order valence-electron chi connectivity index (χ1n) is 17.7. The lowest BCUT2D eigenvalue weighted by Crippen LogP contribution is -2.65. The summed E-state index contributed by atoms with van der Waals surface area (Å²) >= 11 is 0. The van der Waals surface area contributed by atoms with Gasteiger partial charge in [0.25, 0.3) is 0 Å². The second-order valence-corrected chi connectivity index (χ2v) is 16.8. The summed E-state index contributed by atoms with van der Waals surface area (Å²) in [5, 5.41) is 0. The Morgan fingerprint density at radius 2 is 0.773 bits per heavy atom. The van der Waals surface area contributed by atoms with Crippen molar-refractivity contribution in [2.24, 2.45) is 44.8 Å². The van der Waals surface area contributed by atoms with Gasteiger partial charge in [0.2, 0.25) is 0 Å². The third-order valence-electron chi connectivity index (χ3n) is 13.7. The zero-order valence-corrected chi connectivity index (χ0v) is 26.3. The van der Waals surface area contributed by atoms with Crippen LogP contribution in [0.2, 0.25) is 0 Å². The highest BCUT2D eigenvalue weighted by Crippen LogP contribution is 2.81. The van der Waals surface area contributed by atoms with Crippen molar-refractivity contribution < 1.29 is 0 Å². The number of rotatable bonds is 7. The Kier molecular flexibility index (Phi) is 6.15. The molecule has 8 bridgehead atoms. The summed E-state index contributed by atoms with van der Waals surface area (Å²) in [5.74, 6) is 2.71. The van der Waals surface area contributed by atoms with Crippen molar-refractivity contribution in [3.63, 3.8) is 0 Å². The fourth-order valence-corrected chi connectivity index (χ4v) is 13.2. The molecule has 0 spiro atoms. The van der Waals surface area contributed by atoms with Crippen LogP contribution in [0.5, 0.6) is 0 Å². The molecule has 0 heteroatoms. The van der Waals surface area contributed by atoms with Gasteiger partial charge in [-0.2, -0.15) is 0 Å². The van der Waals surface area contributed by atoms with Crippen LogP contribution in [-0.4, -0.2) is 0 Å². The van der Waals surface area contributed by atoms with Crippen LogP contribution in [0.4, 0.5) is 0 Å². The van der Waals surface area contributed by atoms with Gasteiger partial charge in [-0.25, -0.2) is 0 Å². The summed E-state index contributed by atoms with van der Waals surface area (Å²) in [7, 11) is 0. The minimum Gasteiger partial charge on any atom is -0.0777 e. The molecule has 0 nitrogen and oxygen atoms in total. The van der Waals surface area contributed by atoms with E-state index in [0.717, 1.165) is 17.8 Å². The van der Waals surface area contributed by atoms with Crippen LogP contribution in [0.15, 0.2) is 109 Å². The molecule has 44 heavy (non-hydrogen) atoms. The zero-order chi connectivity index (χ0) is 29.3. The molecule has 0 amide bonds. The number of benzene rings is 3. The second kappa shape index (κ2) is 9.94. The predicted molar refractivity (Wildman–Crippen MR) is 184 cm³/mol. The maximum Gasteiger partial charge on any atom is -0.00985 e. The molecule has 0 saturated heterocycles. The molecule has 8 fully saturated rings. The van der Waals surface area contributed by atoms with E-state index >= 15 is 0 Å². The summed E-state index contributed by atoms with van der Waals surface area (Å²) in [6, 6.07) is 33.4. The molecule has 4 atom stereocenters. The van der Waals surface area contributed by atoms with Gasteiger partial charge < -0.3 is 0 Å². The molecule has 0 N–H and O–H groups in total. The highest BCUT2D eigenvalue weighted by molar-refractivity contribution is 5.53. The van der Waals surface area contributed by atoms with Crippen molar-refractivity contribution in [3.05, 3.63) is 126 Å². The van der Waals surface area contributed by atoms with Gasteiger partial charge in [-0.1, -0.05) is 127 Å². The van der Waals surface area contributed by atoms with E-state index in [0.29, 0.717) is 27.1 Å². The molecular formula is C44H48. The van der Waals surface area contributed by atoms with Gasteiger partial charge >= 0.3 is 0 Å².